The Kier molecular flexibility index (Phi) is 3.41. The quantitative estimate of drug-likeness (QED) is 0.316. The highest BCUT2D eigenvalue weighted by Gasteiger charge is 2.10. The molecule has 0 spiro atoms. The molecule has 0 N–H and O–H groups in total. The standard InChI is InChI=1S/C20H15.CH3.Al/c1-2-14-11-12-19-17-9-4-3-7-15(17)16-8-5-6-10-18(16)20(19)13-14;;/h2-13H,1H3;1H3;. The molecule has 22 heavy (non-hydrogen) atoms. The molecule has 0 fully saturated rings. The first-order chi connectivity index (χ1) is 10.8. The van der Waals surface area contributed by atoms with E-state index in [1.807, 2.05) is 0 Å². The average Bonchev–Trinajstić information content (AvgIpc) is 2.61. The van der Waals surface area contributed by atoms with Crippen molar-refractivity contribution in [1.82, 2.24) is 0 Å². The van der Waals surface area contributed by atoms with Crippen molar-refractivity contribution in [3.63, 3.8) is 0 Å². The molecule has 1 radical (unpaired) electrons. The van der Waals surface area contributed by atoms with Gasteiger partial charge >= 0.3 is 0 Å². The predicted molar refractivity (Wildman–Crippen MR) is 99.0 cm³/mol. The molecule has 0 bridgehead atoms. The van der Waals surface area contributed by atoms with Crippen molar-refractivity contribution in [3.05, 3.63) is 72.3 Å². The van der Waals surface area contributed by atoms with Gasteiger partial charge in [-0.2, -0.15) is 0 Å². The lowest BCUT2D eigenvalue weighted by atomic mass is 9.93. The fourth-order valence-corrected chi connectivity index (χ4v) is 3.99. The van der Waals surface area contributed by atoms with Gasteiger partial charge in [0, 0.05) is 0 Å². The summed E-state index contributed by atoms with van der Waals surface area (Å²) < 4.78 is 0.689. The summed E-state index contributed by atoms with van der Waals surface area (Å²) in [5, 5.41) is 8.21. The van der Waals surface area contributed by atoms with Crippen molar-refractivity contribution in [2.45, 2.75) is 17.5 Å². The summed E-state index contributed by atoms with van der Waals surface area (Å²) in [6, 6.07) is 24.6. The van der Waals surface area contributed by atoms with Gasteiger partial charge in [0.1, 0.15) is 0 Å². The highest BCUT2D eigenvalue weighted by atomic mass is 27.1. The van der Waals surface area contributed by atoms with Crippen LogP contribution in [0.25, 0.3) is 32.3 Å². The highest BCUT2D eigenvalue weighted by Crippen LogP contribution is 2.36. The van der Waals surface area contributed by atoms with Crippen LogP contribution in [0.5, 0.6) is 0 Å². The zero-order chi connectivity index (χ0) is 15.1. The molecule has 0 amide bonds. The molecule has 4 rings (SSSR count). The Bertz CT molecular complexity index is 950. The first-order valence-corrected chi connectivity index (χ1v) is 9.74. The van der Waals surface area contributed by atoms with Crippen LogP contribution in [0.1, 0.15) is 17.3 Å². The molecule has 1 heteroatoms. The zero-order valence-corrected chi connectivity index (χ0v) is 14.2. The number of hydrogen-bond donors (Lipinski definition) is 0. The second-order valence-corrected chi connectivity index (χ2v) is 7.68. The molecule has 0 nitrogen and oxygen atoms in total. The average molecular weight is 297 g/mol. The minimum Gasteiger partial charge on any atom is -0.114 e. The Morgan fingerprint density at radius 3 is 1.59 bits per heavy atom. The molecule has 1 unspecified atom stereocenters. The Balaban J connectivity index is 2.22. The van der Waals surface area contributed by atoms with Crippen LogP contribution in [0.3, 0.4) is 0 Å². The van der Waals surface area contributed by atoms with Crippen LogP contribution in [0.15, 0.2) is 66.7 Å². The third-order valence-electron chi connectivity index (χ3n) is 4.79. The van der Waals surface area contributed by atoms with Gasteiger partial charge in [-0.05, 0) is 32.3 Å². The van der Waals surface area contributed by atoms with E-state index in [4.69, 9.17) is 0 Å². The van der Waals surface area contributed by atoms with E-state index < -0.39 is 0 Å². The second kappa shape index (κ2) is 5.43. The Labute approximate surface area is 137 Å². The molecular formula is C21H18Al. The SMILES string of the molecule is [CH3][Al][CH](C)c1ccc2c3ccccc3c3ccccc3c2c1. The summed E-state index contributed by atoms with van der Waals surface area (Å²) in [4.78, 5) is 0. The summed E-state index contributed by atoms with van der Waals surface area (Å²) in [6.07, 6.45) is 0. The Hall–Kier alpha value is -1.81. The van der Waals surface area contributed by atoms with E-state index in [1.165, 1.54) is 37.9 Å². The van der Waals surface area contributed by atoms with Crippen LogP contribution in [-0.2, 0) is 0 Å². The van der Waals surface area contributed by atoms with E-state index in [-0.39, 0.29) is 0 Å². The van der Waals surface area contributed by atoms with Crippen molar-refractivity contribution in [3.8, 4) is 0 Å². The third kappa shape index (κ3) is 2.05. The smallest absolute Gasteiger partial charge is 0.114 e. The van der Waals surface area contributed by atoms with Gasteiger partial charge in [-0.25, -0.2) is 0 Å². The summed E-state index contributed by atoms with van der Waals surface area (Å²) in [7, 11) is 0. The van der Waals surface area contributed by atoms with Gasteiger partial charge in [-0.3, -0.25) is 0 Å². The van der Waals surface area contributed by atoms with Crippen molar-refractivity contribution in [2.24, 2.45) is 0 Å². The fourth-order valence-electron chi connectivity index (χ4n) is 3.40. The topological polar surface area (TPSA) is 0 Å². The third-order valence-corrected chi connectivity index (χ3v) is 6.18. The van der Waals surface area contributed by atoms with Crippen molar-refractivity contribution >= 4 is 47.5 Å². The first kappa shape index (κ1) is 13.8. The van der Waals surface area contributed by atoms with E-state index in [1.54, 1.807) is 0 Å². The molecule has 0 aromatic heterocycles. The molecule has 4 aromatic carbocycles. The van der Waals surface area contributed by atoms with Gasteiger partial charge in [-0.1, -0.05) is 84.0 Å². The summed E-state index contributed by atoms with van der Waals surface area (Å²) in [5.41, 5.74) is 1.48. The van der Waals surface area contributed by atoms with Gasteiger partial charge in [0.2, 0.25) is 15.2 Å². The lowest BCUT2D eigenvalue weighted by Crippen LogP contribution is -1.99. The molecule has 105 valence electrons. The van der Waals surface area contributed by atoms with Crippen LogP contribution >= 0.6 is 0 Å². The van der Waals surface area contributed by atoms with E-state index in [2.05, 4.69) is 79.4 Å². The normalized spacial score (nSPS) is 12.8. The number of benzene rings is 4. The lowest BCUT2D eigenvalue weighted by Gasteiger charge is -2.14. The number of fused-ring (bicyclic) bond motifs is 6. The van der Waals surface area contributed by atoms with E-state index in [0.29, 0.717) is 20.0 Å². The number of rotatable bonds is 2. The zero-order valence-electron chi connectivity index (χ0n) is 13.0. The Morgan fingerprint density at radius 2 is 1.09 bits per heavy atom. The van der Waals surface area contributed by atoms with Crippen LogP contribution in [0, 0.1) is 0 Å². The van der Waals surface area contributed by atoms with Crippen LogP contribution in [0.4, 0.5) is 0 Å². The monoisotopic (exact) mass is 297 g/mol. The summed E-state index contributed by atoms with van der Waals surface area (Å²) in [6.45, 7) is 2.35. The van der Waals surface area contributed by atoms with Gasteiger partial charge in [0.15, 0.2) is 0 Å². The minimum absolute atomic E-state index is 0.460. The molecule has 0 saturated heterocycles. The summed E-state index contributed by atoms with van der Waals surface area (Å²) in [5.74, 6) is 2.34. The number of hydrogen-bond acceptors (Lipinski definition) is 0. The lowest BCUT2D eigenvalue weighted by molar-refractivity contribution is 1.07. The Morgan fingerprint density at radius 1 is 0.636 bits per heavy atom. The predicted octanol–water partition coefficient (Wildman–Crippen LogP) is 5.96. The molecule has 0 aliphatic heterocycles. The molecule has 1 atom stereocenters. The molecule has 0 aliphatic carbocycles. The van der Waals surface area contributed by atoms with Gasteiger partial charge in [0.25, 0.3) is 0 Å². The molecule has 0 saturated carbocycles. The van der Waals surface area contributed by atoms with Crippen molar-refractivity contribution in [2.75, 3.05) is 0 Å². The maximum atomic E-state index is 2.42. The largest absolute Gasteiger partial charge is 0.207 e. The van der Waals surface area contributed by atoms with Gasteiger partial charge in [-0.15, -0.1) is 5.79 Å². The minimum atomic E-state index is 0.460. The second-order valence-electron chi connectivity index (χ2n) is 6.02. The molecule has 0 aliphatic rings. The maximum Gasteiger partial charge on any atom is 0.207 e. The van der Waals surface area contributed by atoms with Crippen LogP contribution in [-0.4, -0.2) is 15.2 Å². The van der Waals surface area contributed by atoms with E-state index in [9.17, 15) is 0 Å². The first-order valence-electron chi connectivity index (χ1n) is 7.92. The van der Waals surface area contributed by atoms with E-state index in [0.717, 1.165) is 0 Å². The summed E-state index contributed by atoms with van der Waals surface area (Å²) >= 11 is 0.460. The molecule has 4 aromatic rings. The van der Waals surface area contributed by atoms with Crippen LogP contribution in [0.2, 0.25) is 5.79 Å². The van der Waals surface area contributed by atoms with Gasteiger partial charge in [0.05, 0.1) is 0 Å². The fraction of sp³-hybridized carbons (Fsp3) is 0.143. The highest BCUT2D eigenvalue weighted by molar-refractivity contribution is 6.36. The maximum absolute atomic E-state index is 2.42. The van der Waals surface area contributed by atoms with Gasteiger partial charge < -0.3 is 0 Å². The van der Waals surface area contributed by atoms with Crippen molar-refractivity contribution < 1.29 is 0 Å². The molecular weight excluding hydrogens is 279 g/mol. The van der Waals surface area contributed by atoms with Crippen LogP contribution < -0.4 is 0 Å². The van der Waals surface area contributed by atoms with E-state index >= 15 is 0 Å². The van der Waals surface area contributed by atoms with Crippen molar-refractivity contribution in [1.29, 1.82) is 0 Å². The molecule has 0 heterocycles.